The molecule has 8 heteroatoms. The summed E-state index contributed by atoms with van der Waals surface area (Å²) >= 11 is 0. The van der Waals surface area contributed by atoms with Crippen molar-refractivity contribution < 1.29 is 13.5 Å². The van der Waals surface area contributed by atoms with Crippen molar-refractivity contribution in [2.75, 3.05) is 27.2 Å². The van der Waals surface area contributed by atoms with Gasteiger partial charge in [-0.05, 0) is 41.8 Å². The van der Waals surface area contributed by atoms with Crippen molar-refractivity contribution in [1.29, 1.82) is 0 Å². The first-order chi connectivity index (χ1) is 9.53. The lowest BCUT2D eigenvalue weighted by molar-refractivity contribution is 0.199. The molecule has 1 aromatic rings. The van der Waals surface area contributed by atoms with E-state index in [-0.39, 0.29) is 23.6 Å². The highest BCUT2D eigenvalue weighted by Gasteiger charge is 2.28. The molecule has 0 saturated carbocycles. The number of aromatic nitrogens is 2. The van der Waals surface area contributed by atoms with Crippen LogP contribution in [0.4, 0.5) is 0 Å². The van der Waals surface area contributed by atoms with E-state index in [4.69, 9.17) is 5.11 Å². The third-order valence-corrected chi connectivity index (χ3v) is 5.45. The van der Waals surface area contributed by atoms with Crippen molar-refractivity contribution in [3.63, 3.8) is 0 Å². The van der Waals surface area contributed by atoms with Gasteiger partial charge in [-0.1, -0.05) is 0 Å². The summed E-state index contributed by atoms with van der Waals surface area (Å²) in [5.74, 6) is 0. The smallest absolute Gasteiger partial charge is 0.244 e. The van der Waals surface area contributed by atoms with Crippen molar-refractivity contribution in [3.8, 4) is 0 Å². The average Bonchev–Trinajstić information content (AvgIpc) is 2.63. The molecule has 0 unspecified atom stereocenters. The quantitative estimate of drug-likeness (QED) is 0.745. The minimum Gasteiger partial charge on any atom is -0.394 e. The topological polar surface area (TPSA) is 87.5 Å². The second-order valence-electron chi connectivity index (χ2n) is 5.98. The van der Waals surface area contributed by atoms with Crippen LogP contribution >= 0.6 is 0 Å². The van der Waals surface area contributed by atoms with Crippen molar-refractivity contribution in [2.24, 2.45) is 0 Å². The number of likely N-dealkylation sites (N-methyl/N-ethyl adjacent to an activating group) is 1. The van der Waals surface area contributed by atoms with Crippen molar-refractivity contribution in [2.45, 2.75) is 44.7 Å². The summed E-state index contributed by atoms with van der Waals surface area (Å²) < 4.78 is 29.2. The van der Waals surface area contributed by atoms with Crippen molar-refractivity contribution in [1.82, 2.24) is 19.4 Å². The third kappa shape index (κ3) is 4.03. The molecule has 0 spiro atoms. The van der Waals surface area contributed by atoms with Gasteiger partial charge in [-0.25, -0.2) is 13.1 Å². The largest absolute Gasteiger partial charge is 0.394 e. The molecular weight excluding hydrogens is 292 g/mol. The van der Waals surface area contributed by atoms with Gasteiger partial charge >= 0.3 is 0 Å². The van der Waals surface area contributed by atoms with Gasteiger partial charge < -0.3 is 10.0 Å². The number of aliphatic hydroxyl groups is 1. The highest BCUT2D eigenvalue weighted by molar-refractivity contribution is 7.89. The molecule has 1 aromatic heterocycles. The number of sulfonamides is 1. The number of aliphatic hydroxyl groups excluding tert-OH is 1. The van der Waals surface area contributed by atoms with E-state index in [0.29, 0.717) is 17.9 Å². The van der Waals surface area contributed by atoms with Gasteiger partial charge in [0.15, 0.2) is 0 Å². The molecular formula is C13H26N4O3S. The second-order valence-corrected chi connectivity index (χ2v) is 7.68. The van der Waals surface area contributed by atoms with E-state index in [2.05, 4.69) is 9.82 Å². The van der Waals surface area contributed by atoms with Crippen LogP contribution in [-0.4, -0.2) is 61.0 Å². The van der Waals surface area contributed by atoms with E-state index < -0.39 is 10.0 Å². The van der Waals surface area contributed by atoms with Crippen LogP contribution in [-0.2, 0) is 16.6 Å². The van der Waals surface area contributed by atoms with Gasteiger partial charge in [0.25, 0.3) is 0 Å². The van der Waals surface area contributed by atoms with E-state index in [9.17, 15) is 8.42 Å². The first-order valence-corrected chi connectivity index (χ1v) is 8.33. The SMILES string of the molecule is Cc1nn(CCO)c(C)c1S(=O)(=O)NCC(C)(C)N(C)C. The molecule has 0 aliphatic carbocycles. The molecule has 0 aliphatic rings. The van der Waals surface area contributed by atoms with Crippen LogP contribution in [0.3, 0.4) is 0 Å². The molecule has 1 heterocycles. The number of rotatable bonds is 7. The molecule has 7 nitrogen and oxygen atoms in total. The minimum atomic E-state index is -3.63. The molecule has 0 fully saturated rings. The Balaban J connectivity index is 3.04. The Labute approximate surface area is 127 Å². The molecule has 0 radical (unpaired) electrons. The van der Waals surface area contributed by atoms with Crippen LogP contribution in [0.5, 0.6) is 0 Å². The van der Waals surface area contributed by atoms with Crippen LogP contribution in [0, 0.1) is 13.8 Å². The molecule has 0 aromatic carbocycles. The van der Waals surface area contributed by atoms with Gasteiger partial charge in [-0.3, -0.25) is 4.68 Å². The molecule has 0 amide bonds. The van der Waals surface area contributed by atoms with E-state index in [1.54, 1.807) is 13.8 Å². The van der Waals surface area contributed by atoms with Crippen LogP contribution < -0.4 is 4.72 Å². The van der Waals surface area contributed by atoms with Crippen LogP contribution in [0.1, 0.15) is 25.2 Å². The van der Waals surface area contributed by atoms with E-state index in [1.165, 1.54) is 4.68 Å². The molecule has 0 bridgehead atoms. The molecule has 1 rings (SSSR count). The van der Waals surface area contributed by atoms with Crippen LogP contribution in [0.25, 0.3) is 0 Å². The second kappa shape index (κ2) is 6.43. The normalized spacial score (nSPS) is 13.1. The average molecular weight is 318 g/mol. The first-order valence-electron chi connectivity index (χ1n) is 6.85. The molecule has 0 saturated heterocycles. The molecule has 21 heavy (non-hydrogen) atoms. The number of aryl methyl sites for hydroxylation is 1. The summed E-state index contributed by atoms with van der Waals surface area (Å²) in [5.41, 5.74) is 0.684. The molecule has 122 valence electrons. The van der Waals surface area contributed by atoms with Crippen LogP contribution in [0.2, 0.25) is 0 Å². The summed E-state index contributed by atoms with van der Waals surface area (Å²) in [4.78, 5) is 2.16. The Morgan fingerprint density at radius 3 is 2.38 bits per heavy atom. The Bertz CT molecular complexity index is 591. The Kier molecular flexibility index (Phi) is 5.54. The Morgan fingerprint density at radius 2 is 1.90 bits per heavy atom. The van der Waals surface area contributed by atoms with E-state index in [1.807, 2.05) is 32.8 Å². The Hall–Kier alpha value is -0.960. The van der Waals surface area contributed by atoms with Crippen LogP contribution in [0.15, 0.2) is 4.90 Å². The zero-order chi connectivity index (χ0) is 16.4. The summed E-state index contributed by atoms with van der Waals surface area (Å²) in [6.45, 7) is 7.78. The third-order valence-electron chi connectivity index (χ3n) is 3.80. The van der Waals surface area contributed by atoms with E-state index in [0.717, 1.165) is 0 Å². The van der Waals surface area contributed by atoms with Gasteiger partial charge in [0.05, 0.1) is 24.5 Å². The highest BCUT2D eigenvalue weighted by Crippen LogP contribution is 2.20. The summed E-state index contributed by atoms with van der Waals surface area (Å²) in [6, 6.07) is 0. The fraction of sp³-hybridized carbons (Fsp3) is 0.769. The zero-order valence-corrected chi connectivity index (χ0v) is 14.5. The lowest BCUT2D eigenvalue weighted by Gasteiger charge is -2.32. The summed E-state index contributed by atoms with van der Waals surface area (Å²) in [7, 11) is 0.186. The summed E-state index contributed by atoms with van der Waals surface area (Å²) in [5, 5.41) is 13.2. The highest BCUT2D eigenvalue weighted by atomic mass is 32.2. The molecule has 0 atom stereocenters. The minimum absolute atomic E-state index is 0.0808. The van der Waals surface area contributed by atoms with Crippen molar-refractivity contribution in [3.05, 3.63) is 11.4 Å². The maximum Gasteiger partial charge on any atom is 0.244 e. The monoisotopic (exact) mass is 318 g/mol. The van der Waals surface area contributed by atoms with Gasteiger partial charge in [0, 0.05) is 12.1 Å². The molecule has 0 aliphatic heterocycles. The summed E-state index contributed by atoms with van der Waals surface area (Å²) in [6.07, 6.45) is 0. The van der Waals surface area contributed by atoms with Gasteiger partial charge in [-0.2, -0.15) is 5.10 Å². The zero-order valence-electron chi connectivity index (χ0n) is 13.6. The first kappa shape index (κ1) is 18.1. The fourth-order valence-corrected chi connectivity index (χ4v) is 3.50. The van der Waals surface area contributed by atoms with Gasteiger partial charge in [0.1, 0.15) is 4.90 Å². The number of hydrogen-bond acceptors (Lipinski definition) is 5. The molecule has 2 N–H and O–H groups in total. The standard InChI is InChI=1S/C13H26N4O3S/c1-10-12(11(2)17(15-10)7-8-18)21(19,20)14-9-13(3,4)16(5)6/h14,18H,7-9H2,1-6H3. The van der Waals surface area contributed by atoms with E-state index >= 15 is 0 Å². The fourth-order valence-electron chi connectivity index (χ4n) is 1.88. The predicted molar refractivity (Wildman–Crippen MR) is 81.7 cm³/mol. The van der Waals surface area contributed by atoms with Gasteiger partial charge in [0.2, 0.25) is 10.0 Å². The predicted octanol–water partition coefficient (Wildman–Crippen LogP) is 0.111. The Morgan fingerprint density at radius 1 is 1.33 bits per heavy atom. The van der Waals surface area contributed by atoms with Gasteiger partial charge in [-0.15, -0.1) is 0 Å². The number of nitrogens with one attached hydrogen (secondary N) is 1. The maximum atomic E-state index is 12.5. The number of hydrogen-bond donors (Lipinski definition) is 2. The lowest BCUT2D eigenvalue weighted by atomic mass is 10.1. The maximum absolute atomic E-state index is 12.5. The lowest BCUT2D eigenvalue weighted by Crippen LogP contribution is -2.48. The number of nitrogens with zero attached hydrogens (tertiary/aromatic N) is 3. The van der Waals surface area contributed by atoms with Crippen molar-refractivity contribution >= 4 is 10.0 Å².